The van der Waals surface area contributed by atoms with Gasteiger partial charge < -0.3 is 15.4 Å². The predicted octanol–water partition coefficient (Wildman–Crippen LogP) is 3.51. The number of aryl methyl sites for hydroxylation is 1. The highest BCUT2D eigenvalue weighted by Gasteiger charge is 2.36. The molecule has 1 saturated heterocycles. The van der Waals surface area contributed by atoms with Crippen LogP contribution in [0.1, 0.15) is 35.2 Å². The molecule has 8 nitrogen and oxygen atoms in total. The summed E-state index contributed by atoms with van der Waals surface area (Å²) in [6.07, 6.45) is 2.60. The molecule has 2 aromatic carbocycles. The lowest BCUT2D eigenvalue weighted by molar-refractivity contribution is -0.117. The smallest absolute Gasteiger partial charge is 0.277 e. The summed E-state index contributed by atoms with van der Waals surface area (Å²) in [7, 11) is 1.32. The van der Waals surface area contributed by atoms with E-state index in [-0.39, 0.29) is 41.4 Å². The molecule has 0 saturated carbocycles. The van der Waals surface area contributed by atoms with Crippen molar-refractivity contribution in [2.75, 3.05) is 18.6 Å². The average molecular weight is 505 g/mol. The second-order valence-electron chi connectivity index (χ2n) is 7.65. The van der Waals surface area contributed by atoms with Gasteiger partial charge in [-0.15, -0.1) is 0 Å². The van der Waals surface area contributed by atoms with Crippen molar-refractivity contribution in [1.29, 1.82) is 0 Å². The van der Waals surface area contributed by atoms with Gasteiger partial charge >= 0.3 is 0 Å². The van der Waals surface area contributed by atoms with Gasteiger partial charge in [0.15, 0.2) is 0 Å². The Kier molecular flexibility index (Phi) is 8.18. The van der Waals surface area contributed by atoms with E-state index in [1.807, 2.05) is 0 Å². The molecule has 1 aliphatic rings. The SMILES string of the molecule is CCn1cncc(N2CC(c3c(F)cc(OC)cc3F)CC2=O)c1=O.NC(=O)c1ccc(Cl)cc1. The second kappa shape index (κ2) is 11.1. The number of methoxy groups -OCH3 is 1. The summed E-state index contributed by atoms with van der Waals surface area (Å²) in [5, 5.41) is 0.602. The molecule has 35 heavy (non-hydrogen) atoms. The number of amides is 2. The summed E-state index contributed by atoms with van der Waals surface area (Å²) in [5.41, 5.74) is 5.05. The van der Waals surface area contributed by atoms with Crippen LogP contribution in [0.25, 0.3) is 0 Å². The van der Waals surface area contributed by atoms with E-state index in [4.69, 9.17) is 22.1 Å². The van der Waals surface area contributed by atoms with E-state index in [1.165, 1.54) is 29.1 Å². The standard InChI is InChI=1S/C17H17F2N3O3.C7H6ClNO/c1-3-21-9-20-7-14(17(21)24)22-8-10(4-15(22)23)16-12(18)5-11(25-2)6-13(16)19;8-6-3-1-5(2-4-6)7(9)10/h5-7,9-10H,3-4,8H2,1-2H3;1-4H,(H2,9,10). The van der Waals surface area contributed by atoms with Crippen molar-refractivity contribution in [3.8, 4) is 5.75 Å². The minimum absolute atomic E-state index is 0.0175. The molecule has 2 amide bonds. The number of carbonyl (C=O) groups excluding carboxylic acids is 2. The monoisotopic (exact) mass is 504 g/mol. The van der Waals surface area contributed by atoms with Gasteiger partial charge in [0.1, 0.15) is 23.1 Å². The number of primary amides is 1. The zero-order valence-corrected chi connectivity index (χ0v) is 19.8. The number of halogens is 3. The summed E-state index contributed by atoms with van der Waals surface area (Å²) in [4.78, 5) is 40.4. The van der Waals surface area contributed by atoms with E-state index in [0.29, 0.717) is 17.1 Å². The maximum Gasteiger partial charge on any atom is 0.277 e. The van der Waals surface area contributed by atoms with Crippen molar-refractivity contribution >= 4 is 29.1 Å². The summed E-state index contributed by atoms with van der Waals surface area (Å²) >= 11 is 5.56. The van der Waals surface area contributed by atoms with E-state index < -0.39 is 23.5 Å². The number of rotatable bonds is 5. The predicted molar refractivity (Wildman–Crippen MR) is 127 cm³/mol. The van der Waals surface area contributed by atoms with Crippen LogP contribution in [0.3, 0.4) is 0 Å². The van der Waals surface area contributed by atoms with Gasteiger partial charge in [-0.05, 0) is 31.2 Å². The number of anilines is 1. The molecule has 1 atom stereocenters. The highest BCUT2D eigenvalue weighted by Crippen LogP contribution is 2.35. The molecule has 2 N–H and O–H groups in total. The van der Waals surface area contributed by atoms with Gasteiger partial charge in [-0.1, -0.05) is 11.6 Å². The third-order valence-electron chi connectivity index (χ3n) is 5.46. The van der Waals surface area contributed by atoms with E-state index >= 15 is 0 Å². The molecule has 0 aliphatic carbocycles. The normalized spacial score (nSPS) is 14.9. The first-order valence-corrected chi connectivity index (χ1v) is 11.0. The zero-order chi connectivity index (χ0) is 25.7. The summed E-state index contributed by atoms with van der Waals surface area (Å²) in [6, 6.07) is 8.60. The van der Waals surface area contributed by atoms with Gasteiger partial charge in [0.05, 0.1) is 19.6 Å². The second-order valence-corrected chi connectivity index (χ2v) is 8.09. The summed E-state index contributed by atoms with van der Waals surface area (Å²) in [5.74, 6) is -2.96. The number of benzene rings is 2. The molecule has 0 radical (unpaired) electrons. The van der Waals surface area contributed by atoms with Crippen molar-refractivity contribution in [1.82, 2.24) is 9.55 Å². The Morgan fingerprint density at radius 3 is 2.37 bits per heavy atom. The van der Waals surface area contributed by atoms with Crippen LogP contribution in [0.15, 0.2) is 53.7 Å². The number of nitrogens with zero attached hydrogens (tertiary/aromatic N) is 3. The summed E-state index contributed by atoms with van der Waals surface area (Å²) < 4.78 is 34.8. The number of hydrogen-bond acceptors (Lipinski definition) is 5. The van der Waals surface area contributed by atoms with E-state index in [0.717, 1.165) is 12.1 Å². The molecule has 2 heterocycles. The number of nitrogens with two attached hydrogens (primary N) is 1. The molecule has 1 aromatic heterocycles. The Labute approximate surface area is 204 Å². The van der Waals surface area contributed by atoms with Crippen LogP contribution in [-0.4, -0.2) is 35.0 Å². The first-order chi connectivity index (χ1) is 16.7. The van der Waals surface area contributed by atoms with Crippen LogP contribution in [0.4, 0.5) is 14.5 Å². The van der Waals surface area contributed by atoms with Gasteiger partial charge in [0.25, 0.3) is 5.56 Å². The molecule has 1 fully saturated rings. The highest BCUT2D eigenvalue weighted by atomic mass is 35.5. The van der Waals surface area contributed by atoms with Crippen LogP contribution >= 0.6 is 11.6 Å². The van der Waals surface area contributed by atoms with Gasteiger partial charge in [-0.2, -0.15) is 0 Å². The molecule has 4 rings (SSSR count). The van der Waals surface area contributed by atoms with Crippen molar-refractivity contribution in [3.05, 3.63) is 87.1 Å². The highest BCUT2D eigenvalue weighted by molar-refractivity contribution is 6.30. The Bertz CT molecular complexity index is 1270. The molecular formula is C24H23ClF2N4O4. The minimum atomic E-state index is -0.770. The van der Waals surface area contributed by atoms with Crippen LogP contribution < -0.4 is 20.9 Å². The molecular weight excluding hydrogens is 482 g/mol. The molecule has 0 spiro atoms. The van der Waals surface area contributed by atoms with Gasteiger partial charge in [0, 0.05) is 53.7 Å². The topological polar surface area (TPSA) is 108 Å². The van der Waals surface area contributed by atoms with E-state index in [9.17, 15) is 23.2 Å². The fraction of sp³-hybridized carbons (Fsp3) is 0.250. The Hall–Kier alpha value is -3.79. The average Bonchev–Trinajstić information content (AvgIpc) is 3.20. The van der Waals surface area contributed by atoms with Gasteiger partial charge in [-0.25, -0.2) is 13.8 Å². The quantitative estimate of drug-likeness (QED) is 0.572. The van der Waals surface area contributed by atoms with Crippen LogP contribution in [0.5, 0.6) is 5.75 Å². The molecule has 3 aromatic rings. The first kappa shape index (κ1) is 25.8. The Balaban J connectivity index is 0.000000287. The fourth-order valence-corrected chi connectivity index (χ4v) is 3.79. The van der Waals surface area contributed by atoms with Crippen LogP contribution in [-0.2, 0) is 11.3 Å². The lowest BCUT2D eigenvalue weighted by atomic mass is 9.97. The Morgan fingerprint density at radius 2 is 1.83 bits per heavy atom. The van der Waals surface area contributed by atoms with Crippen LogP contribution in [0, 0.1) is 11.6 Å². The maximum atomic E-state index is 14.3. The van der Waals surface area contributed by atoms with Crippen LogP contribution in [0.2, 0.25) is 5.02 Å². The number of carbonyl (C=O) groups is 2. The van der Waals surface area contributed by atoms with Gasteiger partial charge in [0.2, 0.25) is 11.8 Å². The number of aromatic nitrogens is 2. The lowest BCUT2D eigenvalue weighted by Gasteiger charge is -2.17. The third-order valence-corrected chi connectivity index (χ3v) is 5.72. The van der Waals surface area contributed by atoms with E-state index in [1.54, 1.807) is 31.2 Å². The molecule has 1 aliphatic heterocycles. The maximum absolute atomic E-state index is 14.3. The molecule has 11 heteroatoms. The summed E-state index contributed by atoms with van der Waals surface area (Å²) in [6.45, 7) is 2.21. The van der Waals surface area contributed by atoms with E-state index in [2.05, 4.69) is 4.98 Å². The lowest BCUT2D eigenvalue weighted by Crippen LogP contribution is -2.33. The number of ether oxygens (including phenoxy) is 1. The molecule has 184 valence electrons. The minimum Gasteiger partial charge on any atom is -0.497 e. The molecule has 1 unspecified atom stereocenters. The third kappa shape index (κ3) is 5.83. The zero-order valence-electron chi connectivity index (χ0n) is 19.0. The van der Waals surface area contributed by atoms with Gasteiger partial charge in [-0.3, -0.25) is 19.0 Å². The largest absolute Gasteiger partial charge is 0.497 e. The Morgan fingerprint density at radius 1 is 1.20 bits per heavy atom. The van der Waals surface area contributed by atoms with Crippen molar-refractivity contribution in [2.24, 2.45) is 5.73 Å². The van der Waals surface area contributed by atoms with Crippen molar-refractivity contribution < 1.29 is 23.1 Å². The first-order valence-electron chi connectivity index (χ1n) is 10.6. The van der Waals surface area contributed by atoms with Crippen molar-refractivity contribution in [2.45, 2.75) is 25.8 Å². The molecule has 0 bridgehead atoms. The fourth-order valence-electron chi connectivity index (χ4n) is 3.67. The number of hydrogen-bond donors (Lipinski definition) is 1. The van der Waals surface area contributed by atoms with Crippen molar-refractivity contribution in [3.63, 3.8) is 0 Å².